The van der Waals surface area contributed by atoms with Gasteiger partial charge in [0, 0.05) is 6.04 Å². The van der Waals surface area contributed by atoms with Crippen molar-refractivity contribution in [2.75, 3.05) is 6.54 Å². The van der Waals surface area contributed by atoms with E-state index in [2.05, 4.69) is 18.8 Å². The van der Waals surface area contributed by atoms with Gasteiger partial charge in [0.1, 0.15) is 0 Å². The fourth-order valence-electron chi connectivity index (χ4n) is 1.67. The third-order valence-corrected chi connectivity index (χ3v) is 2.53. The Hall–Kier alpha value is -0.300. The Morgan fingerprint density at radius 3 is 2.83 bits per heavy atom. The van der Waals surface area contributed by atoms with Crippen LogP contribution in [0.25, 0.3) is 0 Å². The summed E-state index contributed by atoms with van der Waals surface area (Å²) in [6.45, 7) is 7.05. The lowest BCUT2D eigenvalue weighted by atomic mass is 10.1. The first-order chi connectivity index (χ1) is 5.86. The molecule has 1 nitrogen and oxygen atoms in total. The predicted molar refractivity (Wildman–Crippen MR) is 54.2 cm³/mol. The van der Waals surface area contributed by atoms with Crippen molar-refractivity contribution >= 4 is 0 Å². The Morgan fingerprint density at radius 2 is 2.33 bits per heavy atom. The smallest absolute Gasteiger partial charge is 0.00725 e. The molecule has 0 saturated heterocycles. The molecule has 0 aliphatic heterocycles. The van der Waals surface area contributed by atoms with Gasteiger partial charge in [0.2, 0.25) is 0 Å². The van der Waals surface area contributed by atoms with Crippen LogP contribution in [0.15, 0.2) is 12.7 Å². The molecule has 1 atom stereocenters. The average Bonchev–Trinajstić information content (AvgIpc) is 2.84. The van der Waals surface area contributed by atoms with Gasteiger partial charge in [-0.15, -0.1) is 6.58 Å². The van der Waals surface area contributed by atoms with Crippen LogP contribution in [0, 0.1) is 5.92 Å². The molecular weight excluding hydrogens is 146 g/mol. The van der Waals surface area contributed by atoms with Gasteiger partial charge >= 0.3 is 0 Å². The lowest BCUT2D eigenvalue weighted by Crippen LogP contribution is -2.29. The zero-order valence-corrected chi connectivity index (χ0v) is 8.18. The van der Waals surface area contributed by atoms with E-state index < -0.39 is 0 Å². The average molecular weight is 167 g/mol. The second-order valence-electron chi connectivity index (χ2n) is 3.80. The quantitative estimate of drug-likeness (QED) is 0.575. The highest BCUT2D eigenvalue weighted by Gasteiger charge is 2.24. The fraction of sp³-hybridized carbons (Fsp3) is 0.818. The monoisotopic (exact) mass is 167 g/mol. The van der Waals surface area contributed by atoms with Gasteiger partial charge in [0.15, 0.2) is 0 Å². The molecule has 1 aliphatic rings. The van der Waals surface area contributed by atoms with Gasteiger partial charge in [-0.05, 0) is 31.7 Å². The van der Waals surface area contributed by atoms with E-state index in [1.807, 2.05) is 6.08 Å². The highest BCUT2D eigenvalue weighted by atomic mass is 14.9. The Bertz CT molecular complexity index is 127. The molecule has 12 heavy (non-hydrogen) atoms. The topological polar surface area (TPSA) is 12.0 Å². The van der Waals surface area contributed by atoms with Gasteiger partial charge in [-0.2, -0.15) is 0 Å². The van der Waals surface area contributed by atoms with Crippen molar-refractivity contribution in [3.63, 3.8) is 0 Å². The van der Waals surface area contributed by atoms with E-state index in [-0.39, 0.29) is 0 Å². The van der Waals surface area contributed by atoms with E-state index in [1.54, 1.807) is 0 Å². The number of hydrogen-bond acceptors (Lipinski definition) is 1. The molecule has 1 rings (SSSR count). The van der Waals surface area contributed by atoms with Gasteiger partial charge < -0.3 is 5.32 Å². The molecule has 0 bridgehead atoms. The van der Waals surface area contributed by atoms with E-state index in [9.17, 15) is 0 Å². The van der Waals surface area contributed by atoms with Gasteiger partial charge in [-0.3, -0.25) is 0 Å². The summed E-state index contributed by atoms with van der Waals surface area (Å²) in [5.41, 5.74) is 0. The van der Waals surface area contributed by atoms with Crippen LogP contribution >= 0.6 is 0 Å². The highest BCUT2D eigenvalue weighted by molar-refractivity contribution is 4.81. The Morgan fingerprint density at radius 1 is 1.58 bits per heavy atom. The molecule has 1 aliphatic carbocycles. The van der Waals surface area contributed by atoms with Gasteiger partial charge in [-0.25, -0.2) is 0 Å². The van der Waals surface area contributed by atoms with Crippen molar-refractivity contribution < 1.29 is 0 Å². The largest absolute Gasteiger partial charge is 0.314 e. The normalized spacial score (nSPS) is 19.1. The summed E-state index contributed by atoms with van der Waals surface area (Å²) in [6.07, 6.45) is 8.78. The maximum Gasteiger partial charge on any atom is 0.00725 e. The molecule has 0 amide bonds. The minimum absolute atomic E-state index is 0.750. The van der Waals surface area contributed by atoms with E-state index in [0.717, 1.165) is 24.9 Å². The molecule has 1 fully saturated rings. The minimum Gasteiger partial charge on any atom is -0.314 e. The van der Waals surface area contributed by atoms with Crippen LogP contribution in [0.2, 0.25) is 0 Å². The number of rotatable bonds is 7. The van der Waals surface area contributed by atoms with Crippen LogP contribution in [-0.2, 0) is 0 Å². The first-order valence-corrected chi connectivity index (χ1v) is 5.21. The van der Waals surface area contributed by atoms with Gasteiger partial charge in [0.05, 0.1) is 0 Å². The van der Waals surface area contributed by atoms with Gasteiger partial charge in [0.25, 0.3) is 0 Å². The first kappa shape index (κ1) is 9.79. The van der Waals surface area contributed by atoms with Crippen LogP contribution in [-0.4, -0.2) is 12.6 Å². The molecule has 0 heterocycles. The molecule has 0 spiro atoms. The standard InChI is InChI=1S/C11H21N/c1-3-5-6-11(12-4-2)9-10-7-8-10/h3,10-12H,1,4-9H2,2H3. The minimum atomic E-state index is 0.750. The second kappa shape index (κ2) is 5.36. The summed E-state index contributed by atoms with van der Waals surface area (Å²) in [4.78, 5) is 0. The van der Waals surface area contributed by atoms with Crippen molar-refractivity contribution in [3.05, 3.63) is 12.7 Å². The van der Waals surface area contributed by atoms with Crippen molar-refractivity contribution in [3.8, 4) is 0 Å². The zero-order valence-electron chi connectivity index (χ0n) is 8.18. The highest BCUT2D eigenvalue weighted by Crippen LogP contribution is 2.34. The molecule has 1 heteroatoms. The SMILES string of the molecule is C=CCCC(CC1CC1)NCC. The van der Waals surface area contributed by atoms with Crippen molar-refractivity contribution in [1.29, 1.82) is 0 Å². The summed E-state index contributed by atoms with van der Waals surface area (Å²) < 4.78 is 0. The lowest BCUT2D eigenvalue weighted by molar-refractivity contribution is 0.445. The third kappa shape index (κ3) is 3.91. The van der Waals surface area contributed by atoms with Crippen LogP contribution in [0.4, 0.5) is 0 Å². The predicted octanol–water partition coefficient (Wildman–Crippen LogP) is 2.73. The fourth-order valence-corrected chi connectivity index (χ4v) is 1.67. The molecule has 0 aromatic carbocycles. The van der Waals surface area contributed by atoms with E-state index in [4.69, 9.17) is 0 Å². The van der Waals surface area contributed by atoms with E-state index in [0.29, 0.717) is 0 Å². The summed E-state index contributed by atoms with van der Waals surface area (Å²) >= 11 is 0. The van der Waals surface area contributed by atoms with Crippen molar-refractivity contribution in [2.45, 2.75) is 45.1 Å². The summed E-state index contributed by atoms with van der Waals surface area (Å²) in [5, 5.41) is 3.54. The van der Waals surface area contributed by atoms with E-state index in [1.165, 1.54) is 25.7 Å². The molecule has 1 N–H and O–H groups in total. The molecule has 1 unspecified atom stereocenters. The Balaban J connectivity index is 2.11. The molecule has 1 saturated carbocycles. The van der Waals surface area contributed by atoms with Crippen LogP contribution in [0.5, 0.6) is 0 Å². The van der Waals surface area contributed by atoms with Crippen LogP contribution in [0.1, 0.15) is 39.0 Å². The van der Waals surface area contributed by atoms with Crippen LogP contribution < -0.4 is 5.32 Å². The lowest BCUT2D eigenvalue weighted by Gasteiger charge is -2.16. The summed E-state index contributed by atoms with van der Waals surface area (Å²) in [6, 6.07) is 0.750. The van der Waals surface area contributed by atoms with Crippen molar-refractivity contribution in [1.82, 2.24) is 5.32 Å². The molecule has 0 radical (unpaired) electrons. The zero-order chi connectivity index (χ0) is 8.81. The molecular formula is C11H21N. The van der Waals surface area contributed by atoms with E-state index >= 15 is 0 Å². The number of nitrogens with one attached hydrogen (secondary N) is 1. The maximum atomic E-state index is 3.76. The Kier molecular flexibility index (Phi) is 4.37. The van der Waals surface area contributed by atoms with Crippen LogP contribution in [0.3, 0.4) is 0 Å². The van der Waals surface area contributed by atoms with Crippen molar-refractivity contribution in [2.24, 2.45) is 5.92 Å². The molecule has 70 valence electrons. The third-order valence-electron chi connectivity index (χ3n) is 2.53. The second-order valence-corrected chi connectivity index (χ2v) is 3.80. The maximum absolute atomic E-state index is 3.76. The number of hydrogen-bond donors (Lipinski definition) is 1. The summed E-state index contributed by atoms with van der Waals surface area (Å²) in [5.74, 6) is 1.04. The summed E-state index contributed by atoms with van der Waals surface area (Å²) in [7, 11) is 0. The van der Waals surface area contributed by atoms with Gasteiger partial charge in [-0.1, -0.05) is 25.8 Å². The molecule has 0 aromatic rings. The number of allylic oxidation sites excluding steroid dienone is 1. The first-order valence-electron chi connectivity index (χ1n) is 5.21. The molecule has 0 aromatic heterocycles. The Labute approximate surface area is 76.2 Å².